The lowest BCUT2D eigenvalue weighted by molar-refractivity contribution is -0.123. The van der Waals surface area contributed by atoms with Crippen molar-refractivity contribution in [3.05, 3.63) is 72.9 Å². The van der Waals surface area contributed by atoms with Crippen LogP contribution in [-0.4, -0.2) is 34.9 Å². The van der Waals surface area contributed by atoms with E-state index in [1.807, 2.05) is 6.08 Å². The molecule has 0 aromatic heterocycles. The molecule has 0 bridgehead atoms. The molecule has 396 valence electrons. The van der Waals surface area contributed by atoms with Gasteiger partial charge in [0, 0.05) is 6.42 Å². The zero-order valence-electron chi connectivity index (χ0n) is 45.6. The summed E-state index contributed by atoms with van der Waals surface area (Å²) in [7, 11) is 0. The minimum atomic E-state index is -0.866. The third-order valence-electron chi connectivity index (χ3n) is 13.7. The van der Waals surface area contributed by atoms with Crippen LogP contribution in [0.15, 0.2) is 72.9 Å². The van der Waals surface area contributed by atoms with E-state index in [0.29, 0.717) is 6.42 Å². The molecule has 0 fully saturated rings. The Morgan fingerprint density at radius 3 is 1.03 bits per heavy atom. The van der Waals surface area contributed by atoms with Crippen molar-refractivity contribution in [1.29, 1.82) is 0 Å². The number of unbranched alkanes of at least 4 members (excludes halogenated alkanes) is 38. The first-order valence-electron chi connectivity index (χ1n) is 30.2. The van der Waals surface area contributed by atoms with Gasteiger partial charge in [-0.3, -0.25) is 4.79 Å². The summed E-state index contributed by atoms with van der Waals surface area (Å²) in [5.74, 6) is -0.0719. The Labute approximate surface area is 425 Å². The fraction of sp³-hybridized carbons (Fsp3) is 0.797. The SMILES string of the molecule is CC/C=C\C/C=C\C/C=C\C/C=C\CCCCCCCCCCCCCCCCCCC(=O)NC(CO)C(O)/C=C/CC/C=C/CCCCCCCCCCCCCCCCCCCCCCC. The van der Waals surface area contributed by atoms with E-state index in [1.54, 1.807) is 6.08 Å². The number of nitrogens with one attached hydrogen (secondary N) is 1. The molecule has 0 aliphatic carbocycles. The molecular weight excluding hydrogens is 831 g/mol. The number of aliphatic hydroxyl groups excluding tert-OH is 2. The number of hydrogen-bond donors (Lipinski definition) is 3. The van der Waals surface area contributed by atoms with Crippen LogP contribution >= 0.6 is 0 Å². The van der Waals surface area contributed by atoms with Crippen molar-refractivity contribution >= 4 is 5.91 Å². The second-order valence-corrected chi connectivity index (χ2v) is 20.4. The van der Waals surface area contributed by atoms with Gasteiger partial charge in [0.2, 0.25) is 5.91 Å². The molecule has 68 heavy (non-hydrogen) atoms. The van der Waals surface area contributed by atoms with E-state index in [9.17, 15) is 15.0 Å². The molecule has 2 unspecified atom stereocenters. The molecule has 2 atom stereocenters. The minimum absolute atomic E-state index is 0.0719. The Bertz CT molecular complexity index is 1170. The van der Waals surface area contributed by atoms with E-state index in [4.69, 9.17) is 0 Å². The molecule has 0 saturated carbocycles. The summed E-state index contributed by atoms with van der Waals surface area (Å²) in [4.78, 5) is 12.5. The molecule has 4 heteroatoms. The highest BCUT2D eigenvalue weighted by Gasteiger charge is 2.18. The third-order valence-corrected chi connectivity index (χ3v) is 13.7. The summed E-state index contributed by atoms with van der Waals surface area (Å²) < 4.78 is 0. The monoisotopic (exact) mass is 948 g/mol. The maximum atomic E-state index is 12.5. The molecular formula is C64H117NO3. The normalized spacial score (nSPS) is 13.3. The lowest BCUT2D eigenvalue weighted by Crippen LogP contribution is -2.45. The quantitative estimate of drug-likeness (QED) is 0.0420. The Hall–Kier alpha value is -2.17. The molecule has 0 aliphatic heterocycles. The zero-order chi connectivity index (χ0) is 49.2. The first kappa shape index (κ1) is 65.8. The molecule has 0 radical (unpaired) electrons. The predicted octanol–water partition coefficient (Wildman–Crippen LogP) is 20.1. The Balaban J connectivity index is 3.51. The maximum Gasteiger partial charge on any atom is 0.220 e. The van der Waals surface area contributed by atoms with Crippen molar-refractivity contribution in [1.82, 2.24) is 5.32 Å². The highest BCUT2D eigenvalue weighted by Crippen LogP contribution is 2.17. The van der Waals surface area contributed by atoms with Crippen molar-refractivity contribution < 1.29 is 15.0 Å². The van der Waals surface area contributed by atoms with E-state index in [0.717, 1.165) is 57.8 Å². The topological polar surface area (TPSA) is 69.6 Å². The molecule has 0 aromatic carbocycles. The van der Waals surface area contributed by atoms with Crippen LogP contribution in [0.4, 0.5) is 0 Å². The first-order chi connectivity index (χ1) is 33.7. The van der Waals surface area contributed by atoms with E-state index in [-0.39, 0.29) is 12.5 Å². The minimum Gasteiger partial charge on any atom is -0.394 e. The van der Waals surface area contributed by atoms with Crippen LogP contribution in [0.25, 0.3) is 0 Å². The van der Waals surface area contributed by atoms with Gasteiger partial charge < -0.3 is 15.5 Å². The fourth-order valence-corrected chi connectivity index (χ4v) is 9.13. The summed E-state index contributed by atoms with van der Waals surface area (Å²) >= 11 is 0. The van der Waals surface area contributed by atoms with Crippen molar-refractivity contribution in [3.63, 3.8) is 0 Å². The fourth-order valence-electron chi connectivity index (χ4n) is 9.13. The molecule has 0 aliphatic rings. The van der Waals surface area contributed by atoms with Crippen molar-refractivity contribution in [2.75, 3.05) is 6.61 Å². The van der Waals surface area contributed by atoms with Crippen LogP contribution in [0.2, 0.25) is 0 Å². The molecule has 0 aromatic rings. The average molecular weight is 949 g/mol. The largest absolute Gasteiger partial charge is 0.394 e. The molecule has 1 amide bonds. The summed E-state index contributed by atoms with van der Waals surface area (Å²) in [5, 5.41) is 23.2. The van der Waals surface area contributed by atoms with Gasteiger partial charge in [-0.15, -0.1) is 0 Å². The van der Waals surface area contributed by atoms with E-state index in [2.05, 4.69) is 79.9 Å². The number of hydrogen-bond acceptors (Lipinski definition) is 3. The third kappa shape index (κ3) is 54.8. The summed E-state index contributed by atoms with van der Waals surface area (Å²) in [6, 6.07) is -0.643. The summed E-state index contributed by atoms with van der Waals surface area (Å²) in [6.07, 6.45) is 85.1. The van der Waals surface area contributed by atoms with Crippen LogP contribution in [0, 0.1) is 0 Å². The lowest BCUT2D eigenvalue weighted by Gasteiger charge is -2.19. The van der Waals surface area contributed by atoms with Gasteiger partial charge in [-0.1, -0.05) is 305 Å². The van der Waals surface area contributed by atoms with Crippen molar-refractivity contribution in [2.24, 2.45) is 0 Å². The molecule has 4 nitrogen and oxygen atoms in total. The Morgan fingerprint density at radius 2 is 0.662 bits per heavy atom. The second kappa shape index (κ2) is 59.1. The standard InChI is InChI=1S/C64H117NO3/c1-3-5-7-9-11-13-15-17-19-21-23-25-27-29-31-32-34-36-38-40-42-44-46-48-50-52-54-56-58-60-64(68)65-62(61-66)63(67)59-57-55-53-51-49-47-45-43-41-39-37-35-33-30-28-26-24-22-20-18-16-14-12-10-8-6-4-2/h5,7,11,13,17,19,23,25,49,51,57,59,62-63,66-67H,3-4,6,8-10,12,14-16,18,20-22,24,26-48,50,52-56,58,60-61H2,1-2H3,(H,65,68)/b7-5-,13-11-,19-17-,25-23-,51-49+,59-57+. The van der Waals surface area contributed by atoms with Gasteiger partial charge in [-0.25, -0.2) is 0 Å². The Morgan fingerprint density at radius 1 is 0.368 bits per heavy atom. The van der Waals surface area contributed by atoms with Gasteiger partial charge >= 0.3 is 0 Å². The maximum absolute atomic E-state index is 12.5. The van der Waals surface area contributed by atoms with Crippen LogP contribution in [0.3, 0.4) is 0 Å². The van der Waals surface area contributed by atoms with Gasteiger partial charge in [0.25, 0.3) is 0 Å². The zero-order valence-corrected chi connectivity index (χ0v) is 45.6. The second-order valence-electron chi connectivity index (χ2n) is 20.4. The molecule has 0 rings (SSSR count). The lowest BCUT2D eigenvalue weighted by atomic mass is 10.0. The number of amides is 1. The highest BCUT2D eigenvalue weighted by molar-refractivity contribution is 5.76. The molecule has 0 spiro atoms. The van der Waals surface area contributed by atoms with Crippen molar-refractivity contribution in [3.8, 4) is 0 Å². The first-order valence-corrected chi connectivity index (χ1v) is 30.2. The molecule has 0 saturated heterocycles. The molecule has 3 N–H and O–H groups in total. The summed E-state index contributed by atoms with van der Waals surface area (Å²) in [5.41, 5.74) is 0. The molecule has 0 heterocycles. The van der Waals surface area contributed by atoms with Crippen LogP contribution in [0.1, 0.15) is 309 Å². The van der Waals surface area contributed by atoms with Gasteiger partial charge in [0.1, 0.15) is 0 Å². The smallest absolute Gasteiger partial charge is 0.220 e. The number of carbonyl (C=O) groups is 1. The number of carbonyl (C=O) groups excluding carboxylic acids is 1. The van der Waals surface area contributed by atoms with Gasteiger partial charge in [0.15, 0.2) is 0 Å². The van der Waals surface area contributed by atoms with Gasteiger partial charge in [0.05, 0.1) is 18.8 Å². The highest BCUT2D eigenvalue weighted by atomic mass is 16.3. The number of aliphatic hydroxyl groups is 2. The van der Waals surface area contributed by atoms with Crippen LogP contribution in [-0.2, 0) is 4.79 Å². The average Bonchev–Trinajstić information content (AvgIpc) is 3.34. The van der Waals surface area contributed by atoms with Gasteiger partial charge in [-0.05, 0) is 70.6 Å². The Kier molecular flexibility index (Phi) is 57.3. The predicted molar refractivity (Wildman–Crippen MR) is 304 cm³/mol. The summed E-state index contributed by atoms with van der Waals surface area (Å²) in [6.45, 7) is 4.21. The van der Waals surface area contributed by atoms with Gasteiger partial charge in [-0.2, -0.15) is 0 Å². The number of allylic oxidation sites excluding steroid dienone is 11. The van der Waals surface area contributed by atoms with E-state index >= 15 is 0 Å². The van der Waals surface area contributed by atoms with E-state index in [1.165, 1.54) is 231 Å². The van der Waals surface area contributed by atoms with Crippen LogP contribution < -0.4 is 5.32 Å². The van der Waals surface area contributed by atoms with E-state index < -0.39 is 12.1 Å². The van der Waals surface area contributed by atoms with Crippen LogP contribution in [0.5, 0.6) is 0 Å². The van der Waals surface area contributed by atoms with Crippen molar-refractivity contribution in [2.45, 2.75) is 321 Å². The number of rotatable bonds is 55.